The van der Waals surface area contributed by atoms with Gasteiger partial charge in [-0.25, -0.2) is 13.6 Å². The van der Waals surface area contributed by atoms with Gasteiger partial charge in [0.25, 0.3) is 5.91 Å². The van der Waals surface area contributed by atoms with E-state index in [2.05, 4.69) is 5.32 Å². The van der Waals surface area contributed by atoms with Crippen molar-refractivity contribution in [3.63, 3.8) is 0 Å². The lowest BCUT2D eigenvalue weighted by Crippen LogP contribution is -2.45. The van der Waals surface area contributed by atoms with Crippen molar-refractivity contribution in [1.29, 1.82) is 0 Å². The van der Waals surface area contributed by atoms with Gasteiger partial charge in [-0.05, 0) is 18.6 Å². The zero-order valence-electron chi connectivity index (χ0n) is 13.6. The first-order valence-electron chi connectivity index (χ1n) is 7.67. The highest BCUT2D eigenvalue weighted by atomic mass is 19.1. The van der Waals surface area contributed by atoms with Crippen LogP contribution >= 0.6 is 0 Å². The maximum absolute atomic E-state index is 14.0. The van der Waals surface area contributed by atoms with Gasteiger partial charge in [0, 0.05) is 25.6 Å². The summed E-state index contributed by atoms with van der Waals surface area (Å²) in [5.74, 6) is -3.66. The molecule has 0 aliphatic carbocycles. The molecule has 2 amide bonds. The van der Waals surface area contributed by atoms with Crippen LogP contribution < -0.4 is 5.32 Å². The third-order valence-electron chi connectivity index (χ3n) is 3.91. The van der Waals surface area contributed by atoms with E-state index in [4.69, 9.17) is 9.84 Å². The Balaban J connectivity index is 2.03. The van der Waals surface area contributed by atoms with Gasteiger partial charge in [0.1, 0.15) is 11.6 Å². The van der Waals surface area contributed by atoms with E-state index in [0.717, 1.165) is 17.0 Å². The number of hydrogen-bond acceptors (Lipinski definition) is 4. The molecule has 1 atom stereocenters. The lowest BCUT2D eigenvalue weighted by molar-refractivity contribution is -0.0253. The smallest absolute Gasteiger partial charge is 0.407 e. The molecule has 1 saturated heterocycles. The number of halogens is 2. The van der Waals surface area contributed by atoms with Crippen molar-refractivity contribution in [3.8, 4) is 0 Å². The van der Waals surface area contributed by atoms with Crippen LogP contribution in [0.15, 0.2) is 12.1 Å². The number of carboxylic acid groups (broad SMARTS) is 1. The van der Waals surface area contributed by atoms with E-state index < -0.39 is 41.1 Å². The predicted octanol–water partition coefficient (Wildman–Crippen LogP) is 1.67. The second-order valence-corrected chi connectivity index (χ2v) is 5.58. The van der Waals surface area contributed by atoms with Gasteiger partial charge in [-0.15, -0.1) is 0 Å². The lowest BCUT2D eigenvalue weighted by atomic mass is 10.0. The molecule has 1 fully saturated rings. The molecule has 0 spiro atoms. The summed E-state index contributed by atoms with van der Waals surface area (Å²) >= 11 is 0. The standard InChI is InChI=1S/C16H18F2N2O5/c1-19-15(22)9-6-11(17)14(12(18)7-9)13(21)3-2-10-8-20(16(23)24)4-5-25-10/h6-7,10H,2-5,8H2,1H3,(H,19,22)(H,23,24). The number of Topliss-reactive ketones (excluding diaryl/α,β-unsaturated/α-hetero) is 1. The number of amides is 2. The summed E-state index contributed by atoms with van der Waals surface area (Å²) in [5, 5.41) is 11.2. The van der Waals surface area contributed by atoms with E-state index >= 15 is 0 Å². The normalized spacial score (nSPS) is 17.2. The topological polar surface area (TPSA) is 95.9 Å². The number of hydrogen-bond donors (Lipinski definition) is 2. The third-order valence-corrected chi connectivity index (χ3v) is 3.91. The van der Waals surface area contributed by atoms with Crippen LogP contribution in [0.4, 0.5) is 13.6 Å². The molecule has 136 valence electrons. The fourth-order valence-corrected chi connectivity index (χ4v) is 2.60. The van der Waals surface area contributed by atoms with Crippen LogP contribution in [0.3, 0.4) is 0 Å². The first-order valence-corrected chi connectivity index (χ1v) is 7.67. The molecule has 0 aromatic heterocycles. The largest absolute Gasteiger partial charge is 0.465 e. The van der Waals surface area contributed by atoms with Crippen LogP contribution in [0.25, 0.3) is 0 Å². The molecule has 25 heavy (non-hydrogen) atoms. The first kappa shape index (κ1) is 18.8. The summed E-state index contributed by atoms with van der Waals surface area (Å²) in [6.45, 7) is 0.544. The van der Waals surface area contributed by atoms with E-state index in [0.29, 0.717) is 0 Å². The van der Waals surface area contributed by atoms with Crippen LogP contribution in [0, 0.1) is 11.6 Å². The molecular weight excluding hydrogens is 338 g/mol. The maximum atomic E-state index is 14.0. The lowest BCUT2D eigenvalue weighted by Gasteiger charge is -2.30. The highest BCUT2D eigenvalue weighted by molar-refractivity contribution is 5.99. The number of carbonyl (C=O) groups is 3. The number of ether oxygens (including phenoxy) is 1. The molecule has 2 N–H and O–H groups in total. The fourth-order valence-electron chi connectivity index (χ4n) is 2.60. The molecule has 0 saturated carbocycles. The Morgan fingerprint density at radius 1 is 1.32 bits per heavy atom. The third kappa shape index (κ3) is 4.50. The van der Waals surface area contributed by atoms with Crippen LogP contribution in [0.1, 0.15) is 33.6 Å². The van der Waals surface area contributed by atoms with Crippen LogP contribution in [0.5, 0.6) is 0 Å². The van der Waals surface area contributed by atoms with Gasteiger partial charge in [0.15, 0.2) is 5.78 Å². The molecule has 7 nitrogen and oxygen atoms in total. The van der Waals surface area contributed by atoms with Crippen molar-refractivity contribution >= 4 is 17.8 Å². The predicted molar refractivity (Wildman–Crippen MR) is 82.7 cm³/mol. The van der Waals surface area contributed by atoms with Gasteiger partial charge < -0.3 is 20.1 Å². The second kappa shape index (κ2) is 8.02. The highest BCUT2D eigenvalue weighted by Crippen LogP contribution is 2.20. The van der Waals surface area contributed by atoms with Gasteiger partial charge in [-0.2, -0.15) is 0 Å². The Morgan fingerprint density at radius 3 is 2.52 bits per heavy atom. The van der Waals surface area contributed by atoms with Crippen LogP contribution in [-0.2, 0) is 4.74 Å². The van der Waals surface area contributed by atoms with E-state index in [1.165, 1.54) is 7.05 Å². The van der Waals surface area contributed by atoms with Crippen molar-refractivity contribution in [3.05, 3.63) is 34.9 Å². The number of nitrogens with zero attached hydrogens (tertiary/aromatic N) is 1. The van der Waals surface area contributed by atoms with Gasteiger partial charge in [0.2, 0.25) is 0 Å². The molecule has 1 aromatic carbocycles. The Kier molecular flexibility index (Phi) is 6.02. The molecule has 1 aliphatic rings. The minimum atomic E-state index is -1.11. The van der Waals surface area contributed by atoms with E-state index in [-0.39, 0.29) is 38.1 Å². The number of carbonyl (C=O) groups excluding carboxylic acids is 2. The molecule has 1 unspecified atom stereocenters. The van der Waals surface area contributed by atoms with Gasteiger partial charge in [0.05, 0.1) is 24.8 Å². The summed E-state index contributed by atoms with van der Waals surface area (Å²) in [7, 11) is 1.32. The highest BCUT2D eigenvalue weighted by Gasteiger charge is 2.26. The summed E-state index contributed by atoms with van der Waals surface area (Å²) < 4.78 is 33.4. The minimum Gasteiger partial charge on any atom is -0.465 e. The number of benzene rings is 1. The number of morpholine rings is 1. The molecule has 1 aromatic rings. The van der Waals surface area contributed by atoms with Crippen LogP contribution in [-0.4, -0.2) is 60.6 Å². The zero-order chi connectivity index (χ0) is 18.6. The van der Waals surface area contributed by atoms with Gasteiger partial charge in [-0.1, -0.05) is 0 Å². The SMILES string of the molecule is CNC(=O)c1cc(F)c(C(=O)CCC2CN(C(=O)O)CCO2)c(F)c1. The number of rotatable bonds is 5. The monoisotopic (exact) mass is 356 g/mol. The summed E-state index contributed by atoms with van der Waals surface area (Å²) in [5.41, 5.74) is -0.930. The van der Waals surface area contributed by atoms with E-state index in [1.807, 2.05) is 0 Å². The number of nitrogens with one attached hydrogen (secondary N) is 1. The van der Waals surface area contributed by atoms with E-state index in [1.54, 1.807) is 0 Å². The maximum Gasteiger partial charge on any atom is 0.407 e. The first-order chi connectivity index (χ1) is 11.8. The molecule has 1 heterocycles. The Labute approximate surface area is 142 Å². The van der Waals surface area contributed by atoms with Crippen LogP contribution in [0.2, 0.25) is 0 Å². The fraction of sp³-hybridized carbons (Fsp3) is 0.438. The minimum absolute atomic E-state index is 0.100. The number of ketones is 1. The zero-order valence-corrected chi connectivity index (χ0v) is 13.6. The average molecular weight is 356 g/mol. The van der Waals surface area contributed by atoms with Gasteiger partial charge >= 0.3 is 6.09 Å². The molecule has 0 bridgehead atoms. The molecule has 0 radical (unpaired) electrons. The van der Waals surface area contributed by atoms with Crippen molar-refractivity contribution in [2.75, 3.05) is 26.7 Å². The molecular formula is C16H18F2N2O5. The summed E-state index contributed by atoms with van der Waals surface area (Å²) in [4.78, 5) is 35.6. The average Bonchev–Trinajstić information content (AvgIpc) is 2.58. The Morgan fingerprint density at radius 2 is 1.96 bits per heavy atom. The van der Waals surface area contributed by atoms with Crippen molar-refractivity contribution < 1.29 is 33.0 Å². The Bertz CT molecular complexity index is 672. The second-order valence-electron chi connectivity index (χ2n) is 5.58. The molecule has 2 rings (SSSR count). The summed E-state index contributed by atoms with van der Waals surface area (Å²) in [6, 6.07) is 1.61. The summed E-state index contributed by atoms with van der Waals surface area (Å²) in [6.07, 6.45) is -1.66. The van der Waals surface area contributed by atoms with Crippen molar-refractivity contribution in [1.82, 2.24) is 10.2 Å². The van der Waals surface area contributed by atoms with Crippen molar-refractivity contribution in [2.24, 2.45) is 0 Å². The van der Waals surface area contributed by atoms with E-state index in [9.17, 15) is 23.2 Å². The Hall–Kier alpha value is -2.55. The van der Waals surface area contributed by atoms with Crippen molar-refractivity contribution in [2.45, 2.75) is 18.9 Å². The molecule has 1 aliphatic heterocycles. The quantitative estimate of drug-likeness (QED) is 0.783. The van der Waals surface area contributed by atoms with Gasteiger partial charge in [-0.3, -0.25) is 9.59 Å². The molecule has 9 heteroatoms.